The predicted molar refractivity (Wildman–Crippen MR) is 162 cm³/mol. The van der Waals surface area contributed by atoms with Crippen LogP contribution in [0.4, 0.5) is 0 Å². The minimum Gasteiger partial charge on any atom is -0.478 e. The average molecular weight is 653 g/mol. The molecular formula is C29H48O16. The molecule has 2 atom stereocenters. The molecule has 0 amide bonds. The number of carboxylic acids is 3. The van der Waals surface area contributed by atoms with Gasteiger partial charge in [-0.25, -0.2) is 24.0 Å². The first-order valence-corrected chi connectivity index (χ1v) is 12.9. The smallest absolute Gasteiger partial charge is 0.332 e. The summed E-state index contributed by atoms with van der Waals surface area (Å²) in [5.41, 5.74) is -0.667. The molecule has 0 radical (unpaired) electrons. The molecule has 0 saturated carbocycles. The van der Waals surface area contributed by atoms with Crippen molar-refractivity contribution in [1.82, 2.24) is 0 Å². The van der Waals surface area contributed by atoms with Crippen molar-refractivity contribution in [2.45, 2.75) is 39.8 Å². The van der Waals surface area contributed by atoms with Crippen LogP contribution in [-0.4, -0.2) is 119 Å². The number of carboxylic acid groups (broad SMARTS) is 3. The van der Waals surface area contributed by atoms with Gasteiger partial charge in [-0.2, -0.15) is 0 Å². The van der Waals surface area contributed by atoms with Crippen LogP contribution in [-0.2, 0) is 47.7 Å². The van der Waals surface area contributed by atoms with E-state index >= 15 is 0 Å². The third-order valence-electron chi connectivity index (χ3n) is 4.33. The third-order valence-corrected chi connectivity index (χ3v) is 4.33. The fraction of sp³-hybridized carbons (Fsp3) is 0.483. The fourth-order valence-electron chi connectivity index (χ4n) is 1.66. The van der Waals surface area contributed by atoms with Crippen LogP contribution in [0.25, 0.3) is 0 Å². The monoisotopic (exact) mass is 652 g/mol. The number of rotatable bonds is 19. The van der Waals surface area contributed by atoms with E-state index in [2.05, 4.69) is 32.9 Å². The van der Waals surface area contributed by atoms with Crippen molar-refractivity contribution in [2.24, 2.45) is 5.41 Å². The molecule has 0 saturated heterocycles. The summed E-state index contributed by atoms with van der Waals surface area (Å²) in [6, 6.07) is 0. The number of carbonyl (C=O) groups is 5. The third kappa shape index (κ3) is 42.0. The van der Waals surface area contributed by atoms with Gasteiger partial charge in [-0.1, -0.05) is 39.8 Å². The normalized spacial score (nSPS) is 10.6. The van der Waals surface area contributed by atoms with Gasteiger partial charge in [-0.3, -0.25) is 0 Å². The molecule has 0 spiro atoms. The molecule has 0 fully saturated rings. The zero-order chi connectivity index (χ0) is 36.3. The van der Waals surface area contributed by atoms with Gasteiger partial charge in [0.05, 0.1) is 33.0 Å². The van der Waals surface area contributed by atoms with Crippen molar-refractivity contribution in [2.75, 3.05) is 46.2 Å². The van der Waals surface area contributed by atoms with E-state index < -0.39 is 47.8 Å². The zero-order valence-electron chi connectivity index (χ0n) is 26.0. The molecule has 0 aliphatic rings. The molecule has 0 aliphatic carbocycles. The molecule has 0 aromatic rings. The van der Waals surface area contributed by atoms with Gasteiger partial charge in [-0.15, -0.1) is 0 Å². The Balaban J connectivity index is -0.000000181. The van der Waals surface area contributed by atoms with E-state index in [4.69, 9.17) is 54.3 Å². The summed E-state index contributed by atoms with van der Waals surface area (Å²) in [5, 5.41) is 48.8. The first-order valence-electron chi connectivity index (χ1n) is 12.9. The van der Waals surface area contributed by atoms with Crippen LogP contribution in [0.15, 0.2) is 63.3 Å². The highest BCUT2D eigenvalue weighted by atomic mass is 16.7. The van der Waals surface area contributed by atoms with Crippen molar-refractivity contribution in [1.29, 1.82) is 0 Å². The summed E-state index contributed by atoms with van der Waals surface area (Å²) in [7, 11) is 0. The van der Waals surface area contributed by atoms with Crippen molar-refractivity contribution in [3.63, 3.8) is 0 Å². The van der Waals surface area contributed by atoms with Gasteiger partial charge in [0.2, 0.25) is 12.6 Å². The quantitative estimate of drug-likeness (QED) is 0.0498. The Morgan fingerprint density at radius 1 is 0.667 bits per heavy atom. The first-order chi connectivity index (χ1) is 21.1. The lowest BCUT2D eigenvalue weighted by Crippen LogP contribution is -2.32. The second-order valence-electron chi connectivity index (χ2n) is 7.64. The van der Waals surface area contributed by atoms with Crippen molar-refractivity contribution < 1.29 is 78.3 Å². The fourth-order valence-corrected chi connectivity index (χ4v) is 1.66. The molecule has 0 aliphatic heterocycles. The second kappa shape index (κ2) is 36.0. The van der Waals surface area contributed by atoms with Gasteiger partial charge in [0, 0.05) is 42.4 Å². The van der Waals surface area contributed by atoms with Gasteiger partial charge >= 0.3 is 29.8 Å². The Morgan fingerprint density at radius 3 is 1.31 bits per heavy atom. The number of ether oxygens (including phenoxy) is 5. The van der Waals surface area contributed by atoms with Crippen LogP contribution in [0.3, 0.4) is 0 Å². The van der Waals surface area contributed by atoms with Crippen LogP contribution in [0.2, 0.25) is 0 Å². The number of aliphatic carboxylic acids is 3. The summed E-state index contributed by atoms with van der Waals surface area (Å²) < 4.78 is 25.3. The maximum Gasteiger partial charge on any atom is 0.332 e. The lowest BCUT2D eigenvalue weighted by atomic mass is 9.88. The Hall–Kier alpha value is -4.19. The van der Waals surface area contributed by atoms with Crippen LogP contribution in [0.5, 0.6) is 0 Å². The Morgan fingerprint density at radius 2 is 1.04 bits per heavy atom. The topological polar surface area (TPSA) is 253 Å². The SMILES string of the molecule is C=CC(=O)O.C=CC(=O)O.C=CC(=O)O.C=CC(=O)OC(C)OCCOCC(OCC)OC(=O)C=C.CCC(CO)(CO)CO. The molecule has 0 aromatic carbocycles. The number of carbonyl (C=O) groups excluding carboxylic acids is 2. The second-order valence-corrected chi connectivity index (χ2v) is 7.64. The van der Waals surface area contributed by atoms with E-state index in [0.29, 0.717) is 13.0 Å². The van der Waals surface area contributed by atoms with Crippen LogP contribution in [0.1, 0.15) is 27.2 Å². The minimum absolute atomic E-state index is 0.0671. The van der Waals surface area contributed by atoms with E-state index in [9.17, 15) is 24.0 Å². The maximum atomic E-state index is 11.0. The first kappa shape index (κ1) is 50.4. The van der Waals surface area contributed by atoms with Crippen LogP contribution in [0, 0.1) is 5.41 Å². The van der Waals surface area contributed by atoms with Gasteiger partial charge in [0.25, 0.3) is 0 Å². The summed E-state index contributed by atoms with van der Waals surface area (Å²) in [6.07, 6.45) is 3.70. The Kier molecular flexibility index (Phi) is 40.4. The molecular weight excluding hydrogens is 604 g/mol. The maximum absolute atomic E-state index is 11.0. The molecule has 0 aromatic heterocycles. The lowest BCUT2D eigenvalue weighted by Gasteiger charge is -2.24. The summed E-state index contributed by atoms with van der Waals surface area (Å²) >= 11 is 0. The largest absolute Gasteiger partial charge is 0.478 e. The van der Waals surface area contributed by atoms with Crippen molar-refractivity contribution >= 4 is 29.8 Å². The number of hydrogen-bond donors (Lipinski definition) is 6. The molecule has 2 unspecified atom stereocenters. The van der Waals surface area contributed by atoms with Crippen LogP contribution < -0.4 is 0 Å². The molecule has 16 heteroatoms. The van der Waals surface area contributed by atoms with Crippen molar-refractivity contribution in [3.8, 4) is 0 Å². The number of hydrogen-bond acceptors (Lipinski definition) is 13. The molecule has 45 heavy (non-hydrogen) atoms. The molecule has 260 valence electrons. The predicted octanol–water partition coefficient (Wildman–Crippen LogP) is 1.32. The number of aliphatic hydroxyl groups is 3. The van der Waals surface area contributed by atoms with E-state index in [-0.39, 0.29) is 39.6 Å². The zero-order valence-corrected chi connectivity index (χ0v) is 26.0. The van der Waals surface area contributed by atoms with E-state index in [0.717, 1.165) is 30.4 Å². The average Bonchev–Trinajstić information content (AvgIpc) is 3.03. The molecule has 6 N–H and O–H groups in total. The van der Waals surface area contributed by atoms with E-state index in [1.165, 1.54) is 0 Å². The standard InChI is InChI=1S/C14H22O7.C6H14O3.3C3H4O2/c1-5-12(15)20-11(4)19-9-8-17-10-14(18-7-3)21-13(16)6-2;1-2-6(3-7,4-8)5-9;3*1-2-3(4)5/h5-6,11,14H,1-2,7-10H2,3-4H3;7-9H,2-5H2,1H3;3*2H,1H2,(H,4,5). The highest BCUT2D eigenvalue weighted by Crippen LogP contribution is 2.18. The molecule has 0 bridgehead atoms. The van der Waals surface area contributed by atoms with Gasteiger partial charge < -0.3 is 54.3 Å². The van der Waals surface area contributed by atoms with Crippen molar-refractivity contribution in [3.05, 3.63) is 63.3 Å². The highest BCUT2D eigenvalue weighted by Gasteiger charge is 2.24. The van der Waals surface area contributed by atoms with E-state index in [1.807, 2.05) is 6.92 Å². The summed E-state index contributed by atoms with van der Waals surface area (Å²) in [6.45, 7) is 21.0. The Labute approximate surface area is 263 Å². The minimum atomic E-state index is -0.981. The molecule has 0 heterocycles. The summed E-state index contributed by atoms with van der Waals surface area (Å²) in [4.78, 5) is 49.7. The van der Waals surface area contributed by atoms with Gasteiger partial charge in [0.15, 0.2) is 0 Å². The highest BCUT2D eigenvalue weighted by molar-refractivity contribution is 5.81. The summed E-state index contributed by atoms with van der Waals surface area (Å²) in [5.74, 6) is -4.09. The number of aliphatic hydroxyl groups excluding tert-OH is 3. The Bertz CT molecular complexity index is 804. The number of esters is 2. The molecule has 16 nitrogen and oxygen atoms in total. The van der Waals surface area contributed by atoms with Gasteiger partial charge in [-0.05, 0) is 20.3 Å². The van der Waals surface area contributed by atoms with Gasteiger partial charge in [0.1, 0.15) is 6.61 Å². The van der Waals surface area contributed by atoms with Crippen LogP contribution >= 0.6 is 0 Å². The lowest BCUT2D eigenvalue weighted by molar-refractivity contribution is -0.189. The molecule has 0 rings (SSSR count). The van der Waals surface area contributed by atoms with E-state index in [1.54, 1.807) is 13.8 Å².